The first-order chi connectivity index (χ1) is 8.70. The monoisotopic (exact) mass is 258 g/mol. The topological polar surface area (TPSA) is 0 Å². The van der Waals surface area contributed by atoms with E-state index in [2.05, 4.69) is 55.6 Å². The quantitative estimate of drug-likeness (QED) is 0.655. The van der Waals surface area contributed by atoms with Crippen LogP contribution >= 0.6 is 11.8 Å². The van der Waals surface area contributed by atoms with Gasteiger partial charge in [0.2, 0.25) is 0 Å². The van der Waals surface area contributed by atoms with E-state index >= 15 is 0 Å². The van der Waals surface area contributed by atoms with E-state index in [1.54, 1.807) is 0 Å². The molecule has 0 radical (unpaired) electrons. The van der Waals surface area contributed by atoms with Crippen molar-refractivity contribution in [1.29, 1.82) is 0 Å². The molecule has 0 heterocycles. The highest BCUT2D eigenvalue weighted by atomic mass is 32.2. The zero-order chi connectivity index (χ0) is 12.6. The second-order valence-electron chi connectivity index (χ2n) is 6.07. The largest absolute Gasteiger partial charge is 0.119 e. The van der Waals surface area contributed by atoms with Crippen molar-refractivity contribution < 1.29 is 0 Å². The van der Waals surface area contributed by atoms with Crippen LogP contribution in [-0.2, 0) is 0 Å². The van der Waals surface area contributed by atoms with Crippen molar-refractivity contribution in [2.24, 2.45) is 5.41 Å². The van der Waals surface area contributed by atoms with Crippen molar-refractivity contribution in [2.75, 3.05) is 0 Å². The van der Waals surface area contributed by atoms with Gasteiger partial charge < -0.3 is 0 Å². The number of hydrogen-bond donors (Lipinski definition) is 0. The highest BCUT2D eigenvalue weighted by Crippen LogP contribution is 2.74. The van der Waals surface area contributed by atoms with Gasteiger partial charge in [0.1, 0.15) is 0 Å². The van der Waals surface area contributed by atoms with Crippen molar-refractivity contribution in [3.8, 4) is 0 Å². The molecule has 0 aromatic heterocycles. The smallest absolute Gasteiger partial charge is 0.0272 e. The van der Waals surface area contributed by atoms with Crippen LogP contribution in [0.25, 0.3) is 0 Å². The van der Waals surface area contributed by atoms with Crippen LogP contribution in [0.4, 0.5) is 0 Å². The van der Waals surface area contributed by atoms with Crippen LogP contribution in [-0.4, -0.2) is 4.75 Å². The van der Waals surface area contributed by atoms with Gasteiger partial charge in [-0.1, -0.05) is 36.6 Å². The lowest BCUT2D eigenvalue weighted by Gasteiger charge is -2.29. The summed E-state index contributed by atoms with van der Waals surface area (Å²) in [6.45, 7) is 6.13. The van der Waals surface area contributed by atoms with Crippen molar-refractivity contribution in [3.05, 3.63) is 42.5 Å². The molecule has 0 saturated heterocycles. The first kappa shape index (κ1) is 12.3. The average Bonchev–Trinajstić information content (AvgIpc) is 3.01. The maximum absolute atomic E-state index is 3.97. The molecule has 0 aliphatic heterocycles. The molecule has 3 rings (SSSR count). The number of benzene rings is 1. The Hall–Kier alpha value is -0.690. The fourth-order valence-electron chi connectivity index (χ4n) is 3.71. The molecule has 1 aromatic rings. The van der Waals surface area contributed by atoms with Gasteiger partial charge in [-0.25, -0.2) is 0 Å². The summed E-state index contributed by atoms with van der Waals surface area (Å²) < 4.78 is 0.536. The fourth-order valence-corrected chi connectivity index (χ4v) is 5.43. The lowest BCUT2D eigenvalue weighted by Crippen LogP contribution is -2.21. The molecule has 0 N–H and O–H groups in total. The van der Waals surface area contributed by atoms with Crippen molar-refractivity contribution in [3.63, 3.8) is 0 Å². The van der Waals surface area contributed by atoms with Crippen LogP contribution in [0.2, 0.25) is 0 Å². The standard InChI is InChI=1S/C17H22S/c1-3-10-16-11-4-5-12-17(16,13-16)18-15-8-6-14(2)7-9-15/h3,6-9H,1,4-5,10-13H2,2H3/t16-,17-/m1/s1. The summed E-state index contributed by atoms with van der Waals surface area (Å²) in [5.41, 5.74) is 1.94. The Labute approximate surface area is 115 Å². The molecular formula is C17H22S. The fraction of sp³-hybridized carbons (Fsp3) is 0.529. The first-order valence-corrected chi connectivity index (χ1v) is 7.88. The molecular weight excluding hydrogens is 236 g/mol. The lowest BCUT2D eigenvalue weighted by molar-refractivity contribution is 0.359. The molecule has 0 nitrogen and oxygen atoms in total. The maximum atomic E-state index is 3.97. The summed E-state index contributed by atoms with van der Waals surface area (Å²) in [5, 5.41) is 0. The minimum atomic E-state index is 0.536. The summed E-state index contributed by atoms with van der Waals surface area (Å²) in [6, 6.07) is 9.05. The predicted molar refractivity (Wildman–Crippen MR) is 80.1 cm³/mol. The van der Waals surface area contributed by atoms with Gasteiger partial charge in [0.25, 0.3) is 0 Å². The third-order valence-electron chi connectivity index (χ3n) is 4.82. The SMILES string of the molecule is C=CC[C@]12CCCC[C@@]1(Sc1ccc(C)cc1)C2. The van der Waals surface area contributed by atoms with Crippen molar-refractivity contribution in [2.45, 2.75) is 55.1 Å². The minimum absolute atomic E-state index is 0.536. The summed E-state index contributed by atoms with van der Waals surface area (Å²) in [7, 11) is 0. The summed E-state index contributed by atoms with van der Waals surface area (Å²) in [6.07, 6.45) is 10.4. The van der Waals surface area contributed by atoms with E-state index in [4.69, 9.17) is 0 Å². The number of rotatable bonds is 4. The Morgan fingerprint density at radius 3 is 2.67 bits per heavy atom. The molecule has 0 spiro atoms. The maximum Gasteiger partial charge on any atom is 0.0272 e. The van der Waals surface area contributed by atoms with Gasteiger partial charge in [0, 0.05) is 9.64 Å². The molecule has 96 valence electrons. The van der Waals surface area contributed by atoms with Gasteiger partial charge in [-0.05, 0) is 50.2 Å². The molecule has 1 heteroatoms. The van der Waals surface area contributed by atoms with Gasteiger partial charge >= 0.3 is 0 Å². The first-order valence-electron chi connectivity index (χ1n) is 7.06. The lowest BCUT2D eigenvalue weighted by atomic mass is 9.85. The van der Waals surface area contributed by atoms with Crippen LogP contribution in [0.5, 0.6) is 0 Å². The van der Waals surface area contributed by atoms with E-state index in [0.717, 1.165) is 0 Å². The summed E-state index contributed by atoms with van der Waals surface area (Å²) in [5.74, 6) is 0. The highest BCUT2D eigenvalue weighted by Gasteiger charge is 2.67. The normalized spacial score (nSPS) is 33.8. The molecule has 2 aliphatic carbocycles. The van der Waals surface area contributed by atoms with E-state index in [-0.39, 0.29) is 0 Å². The Balaban J connectivity index is 1.79. The molecule has 2 saturated carbocycles. The average molecular weight is 258 g/mol. The number of hydrogen-bond acceptors (Lipinski definition) is 1. The van der Waals surface area contributed by atoms with E-state index in [1.807, 2.05) is 0 Å². The van der Waals surface area contributed by atoms with Crippen LogP contribution in [0.15, 0.2) is 41.8 Å². The van der Waals surface area contributed by atoms with Crippen molar-refractivity contribution in [1.82, 2.24) is 0 Å². The van der Waals surface area contributed by atoms with E-state index in [0.29, 0.717) is 10.2 Å². The second-order valence-corrected chi connectivity index (χ2v) is 7.52. The number of thioether (sulfide) groups is 1. The minimum Gasteiger partial charge on any atom is -0.119 e. The Morgan fingerprint density at radius 2 is 1.94 bits per heavy atom. The van der Waals surface area contributed by atoms with Crippen molar-refractivity contribution >= 4 is 11.8 Å². The van der Waals surface area contributed by atoms with Crippen LogP contribution in [0.1, 0.15) is 44.1 Å². The molecule has 0 bridgehead atoms. The zero-order valence-corrected chi connectivity index (χ0v) is 12.1. The van der Waals surface area contributed by atoms with Gasteiger partial charge in [0.05, 0.1) is 0 Å². The molecule has 0 unspecified atom stereocenters. The zero-order valence-electron chi connectivity index (χ0n) is 11.2. The second kappa shape index (κ2) is 4.45. The molecule has 2 atom stereocenters. The van der Waals surface area contributed by atoms with E-state index in [1.165, 1.54) is 49.0 Å². The Bertz CT molecular complexity index is 447. The number of aryl methyl sites for hydroxylation is 1. The third-order valence-corrected chi connectivity index (χ3v) is 6.50. The summed E-state index contributed by atoms with van der Waals surface area (Å²) >= 11 is 2.14. The molecule has 2 fully saturated rings. The molecule has 18 heavy (non-hydrogen) atoms. The van der Waals surface area contributed by atoms with E-state index < -0.39 is 0 Å². The highest BCUT2D eigenvalue weighted by molar-refractivity contribution is 8.01. The number of fused-ring (bicyclic) bond motifs is 1. The van der Waals surface area contributed by atoms with Gasteiger partial charge in [-0.2, -0.15) is 0 Å². The number of allylic oxidation sites excluding steroid dienone is 1. The van der Waals surface area contributed by atoms with Gasteiger partial charge in [-0.3, -0.25) is 0 Å². The predicted octanol–water partition coefficient (Wildman–Crippen LogP) is 5.37. The molecule has 0 amide bonds. The molecule has 1 aromatic carbocycles. The van der Waals surface area contributed by atoms with Crippen LogP contribution in [0.3, 0.4) is 0 Å². The van der Waals surface area contributed by atoms with Crippen LogP contribution in [0, 0.1) is 12.3 Å². The van der Waals surface area contributed by atoms with E-state index in [9.17, 15) is 0 Å². The van der Waals surface area contributed by atoms with Gasteiger partial charge in [-0.15, -0.1) is 18.3 Å². The van der Waals surface area contributed by atoms with Gasteiger partial charge in [0.15, 0.2) is 0 Å². The Kier molecular flexibility index (Phi) is 3.05. The molecule has 2 aliphatic rings. The summed E-state index contributed by atoms with van der Waals surface area (Å²) in [4.78, 5) is 1.45. The Morgan fingerprint density at radius 1 is 1.22 bits per heavy atom. The third kappa shape index (κ3) is 1.93. The van der Waals surface area contributed by atoms with Crippen LogP contribution < -0.4 is 0 Å².